The largest absolute Gasteiger partial charge is 0.311 e. The van der Waals surface area contributed by atoms with Gasteiger partial charge in [0.2, 0.25) is 0 Å². The van der Waals surface area contributed by atoms with Crippen LogP contribution in [-0.2, 0) is 0 Å². The average Bonchev–Trinajstić information content (AvgIpc) is 2.18. The van der Waals surface area contributed by atoms with Gasteiger partial charge in [-0.1, -0.05) is 18.6 Å². The predicted molar refractivity (Wildman–Crippen MR) is 62.6 cm³/mol. The Balaban J connectivity index is 2.13. The zero-order valence-corrected chi connectivity index (χ0v) is 9.68. The third kappa shape index (κ3) is 4.25. The smallest absolute Gasteiger partial charge is 0.0192 e. The van der Waals surface area contributed by atoms with Crippen molar-refractivity contribution < 1.29 is 0 Å². The lowest BCUT2D eigenvalue weighted by Crippen LogP contribution is -2.43. The lowest BCUT2D eigenvalue weighted by molar-refractivity contribution is 0.171. The Morgan fingerprint density at radius 1 is 1.36 bits per heavy atom. The maximum absolute atomic E-state index is 3.89. The van der Waals surface area contributed by atoms with Crippen molar-refractivity contribution in [2.24, 2.45) is 0 Å². The number of piperidine rings is 1. The Kier molecular flexibility index (Phi) is 5.20. The van der Waals surface area contributed by atoms with E-state index in [9.17, 15) is 0 Å². The fourth-order valence-electron chi connectivity index (χ4n) is 1.98. The standard InChI is InChI=1S/C12H24N2/c1-11(2)9-13-10-12(3)14-7-5-4-6-8-14/h12-13H,1,4-10H2,2-3H3. The van der Waals surface area contributed by atoms with E-state index < -0.39 is 0 Å². The predicted octanol–water partition coefficient (Wildman–Crippen LogP) is 2.03. The molecule has 1 N–H and O–H groups in total. The van der Waals surface area contributed by atoms with Gasteiger partial charge in [0.15, 0.2) is 0 Å². The fourth-order valence-corrected chi connectivity index (χ4v) is 1.98. The molecule has 0 aromatic rings. The molecule has 2 nitrogen and oxygen atoms in total. The maximum atomic E-state index is 3.89. The lowest BCUT2D eigenvalue weighted by Gasteiger charge is -2.32. The summed E-state index contributed by atoms with van der Waals surface area (Å²) in [5, 5.41) is 3.44. The number of nitrogens with one attached hydrogen (secondary N) is 1. The van der Waals surface area contributed by atoms with Crippen molar-refractivity contribution >= 4 is 0 Å². The van der Waals surface area contributed by atoms with Gasteiger partial charge in [-0.05, 0) is 39.8 Å². The van der Waals surface area contributed by atoms with Crippen molar-refractivity contribution in [3.05, 3.63) is 12.2 Å². The maximum Gasteiger partial charge on any atom is 0.0192 e. The topological polar surface area (TPSA) is 15.3 Å². The molecule has 0 spiro atoms. The van der Waals surface area contributed by atoms with E-state index in [1.54, 1.807) is 0 Å². The number of rotatable bonds is 5. The first-order valence-electron chi connectivity index (χ1n) is 5.79. The molecular formula is C12H24N2. The zero-order chi connectivity index (χ0) is 10.4. The monoisotopic (exact) mass is 196 g/mol. The van der Waals surface area contributed by atoms with Crippen LogP contribution in [-0.4, -0.2) is 37.1 Å². The van der Waals surface area contributed by atoms with Crippen molar-refractivity contribution in [2.45, 2.75) is 39.2 Å². The van der Waals surface area contributed by atoms with Gasteiger partial charge in [-0.2, -0.15) is 0 Å². The van der Waals surface area contributed by atoms with Gasteiger partial charge in [0, 0.05) is 19.1 Å². The minimum atomic E-state index is 0.676. The summed E-state index contributed by atoms with van der Waals surface area (Å²) < 4.78 is 0. The molecule has 1 saturated heterocycles. The summed E-state index contributed by atoms with van der Waals surface area (Å²) in [6.45, 7) is 12.9. The third-order valence-electron chi connectivity index (χ3n) is 2.88. The molecule has 1 aliphatic rings. The third-order valence-corrected chi connectivity index (χ3v) is 2.88. The van der Waals surface area contributed by atoms with Crippen LogP contribution in [0.1, 0.15) is 33.1 Å². The molecule has 1 rings (SSSR count). The van der Waals surface area contributed by atoms with Gasteiger partial charge in [0.05, 0.1) is 0 Å². The normalized spacial score (nSPS) is 20.7. The van der Waals surface area contributed by atoms with Crippen molar-refractivity contribution in [1.82, 2.24) is 10.2 Å². The van der Waals surface area contributed by atoms with Crippen molar-refractivity contribution in [2.75, 3.05) is 26.2 Å². The molecule has 0 aliphatic carbocycles. The molecule has 82 valence electrons. The van der Waals surface area contributed by atoms with Crippen LogP contribution in [0.3, 0.4) is 0 Å². The molecule has 0 radical (unpaired) electrons. The van der Waals surface area contributed by atoms with Crippen molar-refractivity contribution in [3.63, 3.8) is 0 Å². The highest BCUT2D eigenvalue weighted by atomic mass is 15.2. The van der Waals surface area contributed by atoms with E-state index in [1.165, 1.54) is 37.9 Å². The van der Waals surface area contributed by atoms with E-state index in [1.807, 2.05) is 0 Å². The molecule has 1 atom stereocenters. The van der Waals surface area contributed by atoms with E-state index in [0.29, 0.717) is 6.04 Å². The first-order valence-corrected chi connectivity index (χ1v) is 5.79. The van der Waals surface area contributed by atoms with E-state index in [2.05, 4.69) is 30.6 Å². The Morgan fingerprint density at radius 3 is 2.57 bits per heavy atom. The molecule has 1 fully saturated rings. The highest BCUT2D eigenvalue weighted by Gasteiger charge is 2.15. The molecule has 14 heavy (non-hydrogen) atoms. The molecule has 0 saturated carbocycles. The average molecular weight is 196 g/mol. The molecule has 0 amide bonds. The first kappa shape index (κ1) is 11.7. The molecule has 1 unspecified atom stereocenters. The molecule has 0 aromatic carbocycles. The number of nitrogens with zero attached hydrogens (tertiary/aromatic N) is 1. The van der Waals surface area contributed by atoms with Crippen LogP contribution in [0.2, 0.25) is 0 Å². The van der Waals surface area contributed by atoms with Gasteiger partial charge >= 0.3 is 0 Å². The Morgan fingerprint density at radius 2 is 2.00 bits per heavy atom. The lowest BCUT2D eigenvalue weighted by atomic mass is 10.1. The SMILES string of the molecule is C=C(C)CNCC(C)N1CCCCC1. The number of likely N-dealkylation sites (tertiary alicyclic amines) is 1. The van der Waals surface area contributed by atoms with E-state index in [4.69, 9.17) is 0 Å². The van der Waals surface area contributed by atoms with Crippen LogP contribution < -0.4 is 5.32 Å². The van der Waals surface area contributed by atoms with Crippen LogP contribution >= 0.6 is 0 Å². The Labute approximate surface area is 88.4 Å². The summed E-state index contributed by atoms with van der Waals surface area (Å²) >= 11 is 0. The van der Waals surface area contributed by atoms with E-state index in [0.717, 1.165) is 13.1 Å². The van der Waals surface area contributed by atoms with Gasteiger partial charge in [-0.25, -0.2) is 0 Å². The van der Waals surface area contributed by atoms with Crippen LogP contribution in [0.5, 0.6) is 0 Å². The van der Waals surface area contributed by atoms with Gasteiger partial charge in [-0.15, -0.1) is 0 Å². The minimum absolute atomic E-state index is 0.676. The second kappa shape index (κ2) is 6.20. The van der Waals surface area contributed by atoms with Gasteiger partial charge in [0.25, 0.3) is 0 Å². The van der Waals surface area contributed by atoms with E-state index >= 15 is 0 Å². The van der Waals surface area contributed by atoms with Crippen molar-refractivity contribution in [1.29, 1.82) is 0 Å². The number of hydrogen-bond acceptors (Lipinski definition) is 2. The highest BCUT2D eigenvalue weighted by molar-refractivity contribution is 4.91. The van der Waals surface area contributed by atoms with Crippen LogP contribution in [0.4, 0.5) is 0 Å². The molecule has 1 heterocycles. The summed E-state index contributed by atoms with van der Waals surface area (Å²) in [5.41, 5.74) is 1.22. The van der Waals surface area contributed by atoms with Crippen LogP contribution in [0, 0.1) is 0 Å². The minimum Gasteiger partial charge on any atom is -0.311 e. The summed E-state index contributed by atoms with van der Waals surface area (Å²) in [7, 11) is 0. The molecule has 0 bridgehead atoms. The van der Waals surface area contributed by atoms with Crippen molar-refractivity contribution in [3.8, 4) is 0 Å². The summed E-state index contributed by atoms with van der Waals surface area (Å²) in [5.74, 6) is 0. The second-order valence-corrected chi connectivity index (χ2v) is 4.53. The molecule has 2 heteroatoms. The molecule has 1 aliphatic heterocycles. The second-order valence-electron chi connectivity index (χ2n) is 4.53. The highest BCUT2D eigenvalue weighted by Crippen LogP contribution is 2.11. The van der Waals surface area contributed by atoms with Gasteiger partial charge < -0.3 is 5.32 Å². The number of hydrogen-bond donors (Lipinski definition) is 1. The quantitative estimate of drug-likeness (QED) is 0.677. The summed E-state index contributed by atoms with van der Waals surface area (Å²) in [6.07, 6.45) is 4.18. The van der Waals surface area contributed by atoms with Gasteiger partial charge in [-0.3, -0.25) is 4.90 Å². The van der Waals surface area contributed by atoms with Crippen LogP contribution in [0.15, 0.2) is 12.2 Å². The van der Waals surface area contributed by atoms with E-state index in [-0.39, 0.29) is 0 Å². The Hall–Kier alpha value is -0.340. The fraction of sp³-hybridized carbons (Fsp3) is 0.833. The zero-order valence-electron chi connectivity index (χ0n) is 9.68. The van der Waals surface area contributed by atoms with Crippen LogP contribution in [0.25, 0.3) is 0 Å². The summed E-state index contributed by atoms with van der Waals surface area (Å²) in [4.78, 5) is 2.59. The van der Waals surface area contributed by atoms with Gasteiger partial charge in [0.1, 0.15) is 0 Å². The first-order chi connectivity index (χ1) is 6.70. The molecule has 0 aromatic heterocycles. The molecular weight excluding hydrogens is 172 g/mol. The Bertz CT molecular complexity index is 171. The summed E-state index contributed by atoms with van der Waals surface area (Å²) in [6, 6.07) is 0.676.